The van der Waals surface area contributed by atoms with Gasteiger partial charge in [-0.1, -0.05) is 20.4 Å². The first-order chi connectivity index (χ1) is 20.8. The fourth-order valence-electron chi connectivity index (χ4n) is 8.37. The molecule has 3 amide bonds. The van der Waals surface area contributed by atoms with E-state index in [0.29, 0.717) is 32.8 Å². The van der Waals surface area contributed by atoms with Gasteiger partial charge in [0.1, 0.15) is 6.17 Å². The second kappa shape index (κ2) is 12.9. The summed E-state index contributed by atoms with van der Waals surface area (Å²) in [7, 11) is 0. The van der Waals surface area contributed by atoms with E-state index in [-0.39, 0.29) is 66.9 Å². The number of hydrogen-bond acceptors (Lipinski definition) is 10. The number of nitriles is 1. The van der Waals surface area contributed by atoms with Crippen LogP contribution in [0.3, 0.4) is 0 Å². The highest BCUT2D eigenvalue weighted by Gasteiger charge is 2.56. The van der Waals surface area contributed by atoms with E-state index in [0.717, 1.165) is 25.9 Å². The lowest BCUT2D eigenvalue weighted by Gasteiger charge is -2.59. The molecule has 13 nitrogen and oxygen atoms in total. The summed E-state index contributed by atoms with van der Waals surface area (Å²) in [6, 6.07) is 0.872. The molecule has 43 heavy (non-hydrogen) atoms. The number of fused-ring (bicyclic) bond motifs is 5. The van der Waals surface area contributed by atoms with E-state index in [4.69, 9.17) is 4.74 Å². The van der Waals surface area contributed by atoms with Crippen LogP contribution < -0.4 is 26.9 Å². The fraction of sp³-hybridized carbons (Fsp3) is 0.828. The molecule has 6 heterocycles. The molecule has 6 saturated heterocycles. The van der Waals surface area contributed by atoms with Crippen LogP contribution in [0.15, 0.2) is 12.7 Å². The number of carbonyl (C=O) groups is 2. The summed E-state index contributed by atoms with van der Waals surface area (Å²) in [5, 5.41) is 22.2. The van der Waals surface area contributed by atoms with Crippen LogP contribution in [0.1, 0.15) is 39.5 Å². The average Bonchev–Trinajstić information content (AvgIpc) is 3.46. The van der Waals surface area contributed by atoms with E-state index >= 15 is 4.39 Å². The molecule has 5 N–H and O–H groups in total. The Morgan fingerprint density at radius 1 is 1.28 bits per heavy atom. The van der Waals surface area contributed by atoms with Crippen molar-refractivity contribution in [3.63, 3.8) is 0 Å². The third-order valence-corrected chi connectivity index (χ3v) is 10.4. The molecule has 6 aliphatic rings. The first kappa shape index (κ1) is 30.6. The largest absolute Gasteiger partial charge is 0.376 e. The number of urea groups is 1. The van der Waals surface area contributed by atoms with Gasteiger partial charge in [-0.3, -0.25) is 15.0 Å². The number of halogens is 1. The monoisotopic (exact) mass is 602 g/mol. The zero-order chi connectivity index (χ0) is 30.2. The minimum Gasteiger partial charge on any atom is -0.376 e. The molecule has 6 fully saturated rings. The molecule has 0 aliphatic carbocycles. The van der Waals surface area contributed by atoms with Crippen molar-refractivity contribution in [2.24, 2.45) is 11.8 Å². The summed E-state index contributed by atoms with van der Waals surface area (Å²) in [5.74, 6) is -0.215. The molecule has 0 aromatic carbocycles. The van der Waals surface area contributed by atoms with E-state index in [9.17, 15) is 14.9 Å². The van der Waals surface area contributed by atoms with E-state index in [2.05, 4.69) is 63.3 Å². The van der Waals surface area contributed by atoms with Crippen LogP contribution in [0.4, 0.5) is 9.18 Å². The Balaban J connectivity index is 1.35. The summed E-state index contributed by atoms with van der Waals surface area (Å²) in [6.07, 6.45) is 1.17. The van der Waals surface area contributed by atoms with Crippen LogP contribution in [0.2, 0.25) is 0 Å². The van der Waals surface area contributed by atoms with Crippen molar-refractivity contribution in [3.8, 4) is 6.07 Å². The molecular weight excluding hydrogens is 555 g/mol. The molecule has 2 bridgehead atoms. The minimum atomic E-state index is -1.13. The van der Waals surface area contributed by atoms with Crippen LogP contribution in [-0.2, 0) is 9.53 Å². The van der Waals surface area contributed by atoms with Crippen LogP contribution in [-0.4, -0.2) is 132 Å². The van der Waals surface area contributed by atoms with Gasteiger partial charge in [0.05, 0.1) is 55.1 Å². The van der Waals surface area contributed by atoms with Crippen molar-refractivity contribution in [1.82, 2.24) is 46.6 Å². The number of amides is 3. The van der Waals surface area contributed by atoms with Gasteiger partial charge in [-0.25, -0.2) is 19.6 Å². The van der Waals surface area contributed by atoms with Gasteiger partial charge >= 0.3 is 6.03 Å². The lowest BCUT2D eigenvalue weighted by atomic mass is 9.79. The van der Waals surface area contributed by atoms with Crippen molar-refractivity contribution in [1.29, 1.82) is 5.26 Å². The second-order valence-corrected chi connectivity index (χ2v) is 13.1. The topological polar surface area (TPSA) is 140 Å². The van der Waals surface area contributed by atoms with Gasteiger partial charge < -0.3 is 25.2 Å². The second-order valence-electron chi connectivity index (χ2n) is 13.1. The van der Waals surface area contributed by atoms with E-state index in [1.165, 1.54) is 6.08 Å². The Morgan fingerprint density at radius 2 is 2.12 bits per heavy atom. The first-order valence-corrected chi connectivity index (χ1v) is 16.0. The van der Waals surface area contributed by atoms with E-state index in [1.807, 2.05) is 4.90 Å². The van der Waals surface area contributed by atoms with Crippen molar-refractivity contribution < 1.29 is 18.7 Å². The van der Waals surface area contributed by atoms with Crippen molar-refractivity contribution in [2.45, 2.75) is 94.3 Å². The molecule has 0 aromatic rings. The number of piperazine rings is 1. The molecule has 6 rings (SSSR count). The van der Waals surface area contributed by atoms with Gasteiger partial charge in [0.15, 0.2) is 0 Å². The molecule has 0 aromatic heterocycles. The maximum absolute atomic E-state index is 16.4. The normalized spacial score (nSPS) is 40.9. The molecule has 0 saturated carbocycles. The fourth-order valence-corrected chi connectivity index (χ4v) is 8.37. The quantitative estimate of drug-likeness (QED) is 0.267. The van der Waals surface area contributed by atoms with Gasteiger partial charge in [0, 0.05) is 51.3 Å². The molecule has 238 valence electrons. The molecule has 6 aliphatic heterocycles. The maximum atomic E-state index is 16.4. The number of hydrogen-bond donors (Lipinski definition) is 5. The predicted octanol–water partition coefficient (Wildman–Crippen LogP) is -0.539. The maximum Gasteiger partial charge on any atom is 0.320 e. The third kappa shape index (κ3) is 5.77. The minimum absolute atomic E-state index is 0.0211. The SMILES string of the molecule is C=CC(=O)N1CCN(C2NC(=O)N3C4NC(C(F)CC24)C2CNNN2CCCOC2CCNC(C(C)C)C23)CC1CC#N. The Bertz CT molecular complexity index is 1090. The van der Waals surface area contributed by atoms with Crippen molar-refractivity contribution in [2.75, 3.05) is 45.9 Å². The Kier molecular flexibility index (Phi) is 9.21. The highest BCUT2D eigenvalue weighted by atomic mass is 19.1. The summed E-state index contributed by atoms with van der Waals surface area (Å²) >= 11 is 0. The highest BCUT2D eigenvalue weighted by molar-refractivity contribution is 5.87. The summed E-state index contributed by atoms with van der Waals surface area (Å²) in [6.45, 7) is 12.0. The molecule has 0 radical (unpaired) electrons. The predicted molar refractivity (Wildman–Crippen MR) is 156 cm³/mol. The number of ether oxygens (including phenoxy) is 1. The van der Waals surface area contributed by atoms with Gasteiger partial charge in [-0.2, -0.15) is 10.8 Å². The van der Waals surface area contributed by atoms with Gasteiger partial charge in [-0.05, 0) is 37.8 Å². The lowest BCUT2D eigenvalue weighted by molar-refractivity contribution is -0.134. The lowest BCUT2D eigenvalue weighted by Crippen LogP contribution is -2.80. The molecular formula is C29H47FN10O3. The average molecular weight is 603 g/mol. The smallest absolute Gasteiger partial charge is 0.320 e. The van der Waals surface area contributed by atoms with Gasteiger partial charge in [0.2, 0.25) is 5.91 Å². The molecule has 14 heteroatoms. The van der Waals surface area contributed by atoms with Gasteiger partial charge in [-0.15, -0.1) is 0 Å². The van der Waals surface area contributed by atoms with E-state index in [1.54, 1.807) is 4.90 Å². The number of carbonyl (C=O) groups excluding carboxylic acids is 2. The number of rotatable bonds is 4. The number of alkyl halides is 1. The molecule has 10 unspecified atom stereocenters. The highest BCUT2D eigenvalue weighted by Crippen LogP contribution is 2.38. The summed E-state index contributed by atoms with van der Waals surface area (Å²) in [4.78, 5) is 32.6. The Labute approximate surface area is 253 Å². The third-order valence-electron chi connectivity index (χ3n) is 10.4. The number of piperidine rings is 2. The zero-order valence-corrected chi connectivity index (χ0v) is 25.3. The van der Waals surface area contributed by atoms with E-state index < -0.39 is 24.5 Å². The summed E-state index contributed by atoms with van der Waals surface area (Å²) in [5.41, 5.74) is 6.41. The van der Waals surface area contributed by atoms with Crippen LogP contribution >= 0.6 is 0 Å². The van der Waals surface area contributed by atoms with Gasteiger partial charge in [0.25, 0.3) is 0 Å². The standard InChI is InChI=1S/C29H47FN10O3/c1-4-23(41)38-12-11-37(16-18(38)6-8-31)27-19-14-20(30)25-21-15-33-36-39(21)10-5-13-43-22-7-9-32-24(17(2)3)26(22)40(28(19)34-25)29(42)35-27/h4,17-22,24-28,32-34,36H,1,5-7,9-16H2,2-3H3,(H,35,42). The Morgan fingerprint density at radius 3 is 2.88 bits per heavy atom. The first-order valence-electron chi connectivity index (χ1n) is 16.0. The van der Waals surface area contributed by atoms with Crippen molar-refractivity contribution >= 4 is 11.9 Å². The Hall–Kier alpha value is -2.38. The molecule has 10 atom stereocenters. The van der Waals surface area contributed by atoms with Crippen molar-refractivity contribution in [3.05, 3.63) is 12.7 Å². The number of hydrazine groups is 2. The zero-order valence-electron chi connectivity index (χ0n) is 25.3. The van der Waals surface area contributed by atoms with Crippen LogP contribution in [0.25, 0.3) is 0 Å². The van der Waals surface area contributed by atoms with Crippen LogP contribution in [0.5, 0.6) is 0 Å². The number of nitrogens with zero attached hydrogens (tertiary/aromatic N) is 5. The van der Waals surface area contributed by atoms with Crippen LogP contribution in [0, 0.1) is 23.2 Å². The summed E-state index contributed by atoms with van der Waals surface area (Å²) < 4.78 is 22.9. The molecule has 0 spiro atoms. The number of nitrogens with one attached hydrogen (secondary N) is 5.